The van der Waals surface area contributed by atoms with Gasteiger partial charge in [0, 0.05) is 25.4 Å². The third kappa shape index (κ3) is 4.83. The minimum atomic E-state index is 0. The second kappa shape index (κ2) is 8.32. The number of aromatic nitrogens is 1. The number of benzene rings is 1. The molecule has 1 heterocycles. The van der Waals surface area contributed by atoms with Crippen LogP contribution < -0.4 is 11.3 Å². The predicted octanol–water partition coefficient (Wildman–Crippen LogP) is 2.42. The van der Waals surface area contributed by atoms with Crippen LogP contribution in [0.4, 0.5) is 0 Å². The Labute approximate surface area is 159 Å². The van der Waals surface area contributed by atoms with Crippen molar-refractivity contribution >= 4 is 29.9 Å². The zero-order valence-electron chi connectivity index (χ0n) is 13.8. The maximum atomic E-state index is 11.7. The Balaban J connectivity index is 0.00000208. The molecule has 0 aliphatic heterocycles. The molecule has 0 atom stereocenters. The Morgan fingerprint density at radius 2 is 1.88 bits per heavy atom. The molecule has 128 valence electrons. The van der Waals surface area contributed by atoms with E-state index in [0.29, 0.717) is 25.1 Å². The van der Waals surface area contributed by atoms with Gasteiger partial charge in [0.25, 0.3) is 5.56 Å². The van der Waals surface area contributed by atoms with Crippen LogP contribution in [-0.2, 0) is 13.1 Å². The average molecular weight is 438 g/mol. The summed E-state index contributed by atoms with van der Waals surface area (Å²) >= 11 is 0. The van der Waals surface area contributed by atoms with Gasteiger partial charge in [0.05, 0.1) is 13.1 Å². The largest absolute Gasteiger partial charge is 0.370 e. The number of nitrogens with zero attached hydrogens (tertiary/aromatic N) is 3. The zero-order chi connectivity index (χ0) is 16.2. The number of aliphatic imine (C=N–C) groups is 1. The first-order chi connectivity index (χ1) is 11.1. The summed E-state index contributed by atoms with van der Waals surface area (Å²) < 4.78 is 1.69. The summed E-state index contributed by atoms with van der Waals surface area (Å²) in [5.74, 6) is 0.604. The first-order valence-corrected chi connectivity index (χ1v) is 7.89. The van der Waals surface area contributed by atoms with Crippen molar-refractivity contribution in [1.29, 1.82) is 0 Å². The van der Waals surface area contributed by atoms with Crippen molar-refractivity contribution < 1.29 is 0 Å². The summed E-state index contributed by atoms with van der Waals surface area (Å²) in [7, 11) is 2.00. The number of guanidine groups is 1. The fourth-order valence-corrected chi connectivity index (χ4v) is 2.47. The highest BCUT2D eigenvalue weighted by molar-refractivity contribution is 14.0. The Morgan fingerprint density at radius 1 is 1.21 bits per heavy atom. The molecule has 2 N–H and O–H groups in total. The Hall–Kier alpha value is -1.83. The summed E-state index contributed by atoms with van der Waals surface area (Å²) in [5.41, 5.74) is 8.21. The molecule has 1 aliphatic rings. The molecule has 5 nitrogen and oxygen atoms in total. The molecule has 1 saturated carbocycles. The van der Waals surface area contributed by atoms with Gasteiger partial charge in [0.15, 0.2) is 5.96 Å². The number of rotatable bonds is 5. The lowest BCUT2D eigenvalue weighted by Gasteiger charge is -2.16. The van der Waals surface area contributed by atoms with Gasteiger partial charge < -0.3 is 15.2 Å². The third-order valence-corrected chi connectivity index (χ3v) is 4.15. The minimum absolute atomic E-state index is 0. The maximum Gasteiger partial charge on any atom is 0.250 e. The lowest BCUT2D eigenvalue weighted by atomic mass is 10.1. The Bertz CT molecular complexity index is 750. The molecule has 0 saturated heterocycles. The topological polar surface area (TPSA) is 63.6 Å². The van der Waals surface area contributed by atoms with E-state index in [-0.39, 0.29) is 29.5 Å². The van der Waals surface area contributed by atoms with Gasteiger partial charge in [-0.2, -0.15) is 0 Å². The van der Waals surface area contributed by atoms with Crippen LogP contribution in [0.15, 0.2) is 58.4 Å². The van der Waals surface area contributed by atoms with Gasteiger partial charge >= 0.3 is 0 Å². The van der Waals surface area contributed by atoms with Crippen LogP contribution >= 0.6 is 24.0 Å². The number of nitrogens with two attached hydrogens (primary N) is 1. The summed E-state index contributed by atoms with van der Waals surface area (Å²) in [4.78, 5) is 18.2. The Morgan fingerprint density at radius 3 is 2.50 bits per heavy atom. The standard InChI is InChI=1S/C18H22N4O.HI/c1-21(16-9-10-16)18(19)20-12-14-5-7-15(8-6-14)13-22-11-3-2-4-17(22)23;/h2-8,11,16H,9-10,12-13H2,1H3,(H2,19,20);1H. The molecule has 0 unspecified atom stereocenters. The van der Waals surface area contributed by atoms with Gasteiger partial charge in [-0.3, -0.25) is 4.79 Å². The molecule has 6 heteroatoms. The molecule has 0 radical (unpaired) electrons. The van der Waals surface area contributed by atoms with Gasteiger partial charge in [0.1, 0.15) is 0 Å². The van der Waals surface area contributed by atoms with E-state index < -0.39 is 0 Å². The predicted molar refractivity (Wildman–Crippen MR) is 108 cm³/mol. The summed E-state index contributed by atoms with van der Waals surface area (Å²) in [6, 6.07) is 13.9. The van der Waals surface area contributed by atoms with Crippen LogP contribution in [0.1, 0.15) is 24.0 Å². The molecule has 24 heavy (non-hydrogen) atoms. The van der Waals surface area contributed by atoms with Gasteiger partial charge in [-0.15, -0.1) is 24.0 Å². The van der Waals surface area contributed by atoms with Crippen LogP contribution in [0, 0.1) is 0 Å². The van der Waals surface area contributed by atoms with Crippen LogP contribution in [0.2, 0.25) is 0 Å². The third-order valence-electron chi connectivity index (χ3n) is 4.15. The van der Waals surface area contributed by atoms with Crippen molar-refractivity contribution in [3.8, 4) is 0 Å². The molecule has 1 aromatic heterocycles. The summed E-state index contributed by atoms with van der Waals surface area (Å²) in [5, 5.41) is 0. The summed E-state index contributed by atoms with van der Waals surface area (Å²) in [6.07, 6.45) is 4.22. The Kier molecular flexibility index (Phi) is 6.42. The van der Waals surface area contributed by atoms with Crippen molar-refractivity contribution in [3.05, 3.63) is 70.1 Å². The molecule has 2 aromatic rings. The molecule has 0 spiro atoms. The molecular formula is C18H23IN4O. The van der Waals surface area contributed by atoms with E-state index in [0.717, 1.165) is 11.1 Å². The lowest BCUT2D eigenvalue weighted by molar-refractivity contribution is 0.487. The normalized spacial score (nSPS) is 14.1. The van der Waals surface area contributed by atoms with E-state index in [1.807, 2.05) is 37.4 Å². The van der Waals surface area contributed by atoms with Crippen molar-refractivity contribution in [2.75, 3.05) is 7.05 Å². The van der Waals surface area contributed by atoms with Gasteiger partial charge in [-0.05, 0) is 30.0 Å². The fraction of sp³-hybridized carbons (Fsp3) is 0.333. The van der Waals surface area contributed by atoms with Crippen molar-refractivity contribution in [3.63, 3.8) is 0 Å². The number of hydrogen-bond donors (Lipinski definition) is 1. The molecule has 0 amide bonds. The van der Waals surface area contributed by atoms with Crippen LogP contribution in [0.3, 0.4) is 0 Å². The average Bonchev–Trinajstić information content (AvgIpc) is 3.40. The van der Waals surface area contributed by atoms with E-state index in [1.54, 1.807) is 22.9 Å². The molecule has 3 rings (SSSR count). The van der Waals surface area contributed by atoms with E-state index in [2.05, 4.69) is 9.89 Å². The van der Waals surface area contributed by atoms with E-state index >= 15 is 0 Å². The van der Waals surface area contributed by atoms with E-state index in [1.165, 1.54) is 12.8 Å². The molecule has 1 aromatic carbocycles. The first kappa shape index (κ1) is 18.5. The van der Waals surface area contributed by atoms with Gasteiger partial charge in [0.2, 0.25) is 0 Å². The van der Waals surface area contributed by atoms with Crippen LogP contribution in [-0.4, -0.2) is 28.5 Å². The fourth-order valence-electron chi connectivity index (χ4n) is 2.47. The van der Waals surface area contributed by atoms with Crippen LogP contribution in [0.25, 0.3) is 0 Å². The smallest absolute Gasteiger partial charge is 0.250 e. The zero-order valence-corrected chi connectivity index (χ0v) is 16.1. The maximum absolute atomic E-state index is 11.7. The van der Waals surface area contributed by atoms with Crippen LogP contribution in [0.5, 0.6) is 0 Å². The number of pyridine rings is 1. The number of halogens is 1. The SMILES string of the molecule is CN(C(N)=NCc1ccc(Cn2ccccc2=O)cc1)C1CC1.I. The highest BCUT2D eigenvalue weighted by Gasteiger charge is 2.27. The van der Waals surface area contributed by atoms with Crippen molar-refractivity contribution in [1.82, 2.24) is 9.47 Å². The van der Waals surface area contributed by atoms with E-state index in [9.17, 15) is 4.79 Å². The molecule has 0 bridgehead atoms. The van der Waals surface area contributed by atoms with Gasteiger partial charge in [-0.1, -0.05) is 30.3 Å². The quantitative estimate of drug-likeness (QED) is 0.443. The number of hydrogen-bond acceptors (Lipinski definition) is 2. The van der Waals surface area contributed by atoms with Crippen molar-refractivity contribution in [2.24, 2.45) is 10.7 Å². The second-order valence-electron chi connectivity index (χ2n) is 6.00. The minimum Gasteiger partial charge on any atom is -0.370 e. The monoisotopic (exact) mass is 438 g/mol. The van der Waals surface area contributed by atoms with Crippen molar-refractivity contribution in [2.45, 2.75) is 32.0 Å². The van der Waals surface area contributed by atoms with Gasteiger partial charge in [-0.25, -0.2) is 4.99 Å². The highest BCUT2D eigenvalue weighted by atomic mass is 127. The molecule has 1 aliphatic carbocycles. The molecule has 1 fully saturated rings. The summed E-state index contributed by atoms with van der Waals surface area (Å²) in [6.45, 7) is 1.16. The highest BCUT2D eigenvalue weighted by Crippen LogP contribution is 2.24. The first-order valence-electron chi connectivity index (χ1n) is 7.89. The second-order valence-corrected chi connectivity index (χ2v) is 6.00. The lowest BCUT2D eigenvalue weighted by Crippen LogP contribution is -2.35. The molecular weight excluding hydrogens is 415 g/mol. The van der Waals surface area contributed by atoms with E-state index in [4.69, 9.17) is 5.73 Å².